The number of anilines is 1. The van der Waals surface area contributed by atoms with Gasteiger partial charge in [0, 0.05) is 10.6 Å². The number of carbonyl (C=O) groups is 1. The number of nitrogens with zero attached hydrogens (tertiary/aromatic N) is 2. The fourth-order valence-electron chi connectivity index (χ4n) is 4.00. The summed E-state index contributed by atoms with van der Waals surface area (Å²) in [5, 5.41) is 3.69. The zero-order valence-corrected chi connectivity index (χ0v) is 16.7. The average Bonchev–Trinajstić information content (AvgIpc) is 3.17. The van der Waals surface area contributed by atoms with E-state index in [-0.39, 0.29) is 11.5 Å². The largest absolute Gasteiger partial charge is 0.324 e. The van der Waals surface area contributed by atoms with Crippen LogP contribution < -0.4 is 10.9 Å². The zero-order chi connectivity index (χ0) is 19.1. The Kier molecular flexibility index (Phi) is 4.60. The van der Waals surface area contributed by atoms with Crippen molar-refractivity contribution in [1.82, 2.24) is 9.55 Å². The van der Waals surface area contributed by atoms with Gasteiger partial charge in [-0.15, -0.1) is 11.3 Å². The van der Waals surface area contributed by atoms with Gasteiger partial charge < -0.3 is 5.32 Å². The quantitative estimate of drug-likeness (QED) is 0.738. The van der Waals surface area contributed by atoms with Gasteiger partial charge in [0.05, 0.1) is 11.7 Å². The number of aryl methyl sites for hydroxylation is 4. The number of hydrogen-bond donors (Lipinski definition) is 1. The van der Waals surface area contributed by atoms with Gasteiger partial charge in [-0.05, 0) is 68.4 Å². The van der Waals surface area contributed by atoms with Crippen molar-refractivity contribution in [2.75, 3.05) is 5.32 Å². The van der Waals surface area contributed by atoms with Crippen LogP contribution >= 0.6 is 11.3 Å². The lowest BCUT2D eigenvalue weighted by molar-refractivity contribution is -0.119. The number of fused-ring (bicyclic) bond motifs is 3. The highest BCUT2D eigenvalue weighted by molar-refractivity contribution is 7.18. The van der Waals surface area contributed by atoms with Crippen molar-refractivity contribution < 1.29 is 4.79 Å². The maximum atomic E-state index is 13.2. The minimum atomic E-state index is -0.577. The molecule has 0 aliphatic heterocycles. The van der Waals surface area contributed by atoms with Crippen LogP contribution in [0.1, 0.15) is 47.4 Å². The maximum Gasteiger partial charge on any atom is 0.263 e. The molecule has 6 heteroatoms. The van der Waals surface area contributed by atoms with Gasteiger partial charge in [-0.25, -0.2) is 4.98 Å². The SMILES string of the molecule is CCC(C(=O)Nc1cc(C)cc(C)c1)n1cnc2sc3c(c2c1=O)CCC3. The van der Waals surface area contributed by atoms with Crippen molar-refractivity contribution in [2.45, 2.75) is 52.5 Å². The van der Waals surface area contributed by atoms with E-state index in [9.17, 15) is 9.59 Å². The van der Waals surface area contributed by atoms with Gasteiger partial charge in [-0.2, -0.15) is 0 Å². The first-order valence-corrected chi connectivity index (χ1v) is 10.2. The van der Waals surface area contributed by atoms with E-state index in [2.05, 4.69) is 16.4 Å². The molecule has 1 aliphatic rings. The molecule has 0 saturated carbocycles. The molecule has 0 saturated heterocycles. The predicted molar refractivity (Wildman–Crippen MR) is 110 cm³/mol. The molecule has 0 bridgehead atoms. The number of hydrogen-bond acceptors (Lipinski definition) is 4. The van der Waals surface area contributed by atoms with Gasteiger partial charge in [0.2, 0.25) is 5.91 Å². The molecular weight excluding hydrogens is 358 g/mol. The van der Waals surface area contributed by atoms with E-state index in [0.717, 1.165) is 46.5 Å². The maximum absolute atomic E-state index is 13.2. The molecule has 0 radical (unpaired) electrons. The number of aromatic nitrogens is 2. The van der Waals surface area contributed by atoms with Crippen molar-refractivity contribution in [2.24, 2.45) is 0 Å². The molecule has 0 fully saturated rings. The molecule has 27 heavy (non-hydrogen) atoms. The van der Waals surface area contributed by atoms with Crippen LogP contribution in [0, 0.1) is 13.8 Å². The molecule has 5 nitrogen and oxygen atoms in total. The summed E-state index contributed by atoms with van der Waals surface area (Å²) in [5.41, 5.74) is 3.99. The van der Waals surface area contributed by atoms with E-state index < -0.39 is 6.04 Å². The minimum Gasteiger partial charge on any atom is -0.324 e. The lowest BCUT2D eigenvalue weighted by atomic mass is 10.1. The van der Waals surface area contributed by atoms with E-state index in [1.807, 2.05) is 32.9 Å². The molecule has 1 amide bonds. The Bertz CT molecular complexity index is 1080. The highest BCUT2D eigenvalue weighted by Gasteiger charge is 2.25. The first kappa shape index (κ1) is 17.9. The second-order valence-corrected chi connectivity index (χ2v) is 8.37. The van der Waals surface area contributed by atoms with Crippen LogP contribution in [-0.4, -0.2) is 15.5 Å². The van der Waals surface area contributed by atoms with Crippen LogP contribution in [0.15, 0.2) is 29.3 Å². The predicted octanol–water partition coefficient (Wildman–Crippen LogP) is 4.15. The number of amides is 1. The Hall–Kier alpha value is -2.47. The van der Waals surface area contributed by atoms with Crippen molar-refractivity contribution in [3.8, 4) is 0 Å². The van der Waals surface area contributed by atoms with E-state index >= 15 is 0 Å². The summed E-state index contributed by atoms with van der Waals surface area (Å²) >= 11 is 1.62. The third kappa shape index (κ3) is 3.18. The normalized spacial score (nSPS) is 14.3. The smallest absolute Gasteiger partial charge is 0.263 e. The summed E-state index contributed by atoms with van der Waals surface area (Å²) in [5.74, 6) is -0.183. The third-order valence-electron chi connectivity index (χ3n) is 5.16. The van der Waals surface area contributed by atoms with Crippen LogP contribution in [0.2, 0.25) is 0 Å². The van der Waals surface area contributed by atoms with E-state index in [1.54, 1.807) is 11.3 Å². The number of thiophene rings is 1. The van der Waals surface area contributed by atoms with Crippen LogP contribution in [0.25, 0.3) is 10.2 Å². The van der Waals surface area contributed by atoms with E-state index in [1.165, 1.54) is 15.8 Å². The van der Waals surface area contributed by atoms with E-state index in [4.69, 9.17) is 0 Å². The molecule has 0 spiro atoms. The number of carbonyl (C=O) groups excluding carboxylic acids is 1. The molecule has 1 aliphatic carbocycles. The molecule has 1 atom stereocenters. The average molecular weight is 382 g/mol. The van der Waals surface area contributed by atoms with Gasteiger partial charge in [0.25, 0.3) is 5.56 Å². The van der Waals surface area contributed by atoms with E-state index in [0.29, 0.717) is 11.8 Å². The Balaban J connectivity index is 1.71. The number of benzene rings is 1. The second kappa shape index (κ2) is 6.93. The topological polar surface area (TPSA) is 64.0 Å². The fourth-order valence-corrected chi connectivity index (χ4v) is 5.22. The molecular formula is C21H23N3O2S. The van der Waals surface area contributed by atoms with Crippen molar-refractivity contribution in [3.63, 3.8) is 0 Å². The third-order valence-corrected chi connectivity index (χ3v) is 6.36. The Morgan fingerprint density at radius 2 is 2.00 bits per heavy atom. The van der Waals surface area contributed by atoms with Gasteiger partial charge in [-0.1, -0.05) is 13.0 Å². The van der Waals surface area contributed by atoms with Crippen LogP contribution in [0.3, 0.4) is 0 Å². The first-order valence-electron chi connectivity index (χ1n) is 9.38. The standard InChI is InChI=1S/C21H23N3O2S/c1-4-16(19(25)23-14-9-12(2)8-13(3)10-14)24-11-22-20-18(21(24)26)15-6-5-7-17(15)27-20/h8-11,16H,4-7H2,1-3H3,(H,23,25). The van der Waals surface area contributed by atoms with Crippen molar-refractivity contribution in [3.05, 3.63) is 56.4 Å². The van der Waals surface area contributed by atoms with Crippen LogP contribution in [-0.2, 0) is 17.6 Å². The molecule has 1 N–H and O–H groups in total. The van der Waals surface area contributed by atoms with Crippen LogP contribution in [0.4, 0.5) is 5.69 Å². The van der Waals surface area contributed by atoms with Crippen molar-refractivity contribution >= 4 is 33.1 Å². The van der Waals surface area contributed by atoms with Gasteiger partial charge in [-0.3, -0.25) is 14.2 Å². The molecule has 2 aromatic heterocycles. The number of nitrogens with one attached hydrogen (secondary N) is 1. The monoisotopic (exact) mass is 381 g/mol. The second-order valence-electron chi connectivity index (χ2n) is 7.28. The van der Waals surface area contributed by atoms with Gasteiger partial charge >= 0.3 is 0 Å². The first-order chi connectivity index (χ1) is 13.0. The van der Waals surface area contributed by atoms with Crippen LogP contribution in [0.5, 0.6) is 0 Å². The summed E-state index contributed by atoms with van der Waals surface area (Å²) in [7, 11) is 0. The minimum absolute atomic E-state index is 0.0955. The molecule has 2 heterocycles. The summed E-state index contributed by atoms with van der Waals surface area (Å²) in [6.07, 6.45) is 5.11. The number of rotatable bonds is 4. The summed E-state index contributed by atoms with van der Waals surface area (Å²) in [4.78, 5) is 32.7. The Morgan fingerprint density at radius 3 is 2.70 bits per heavy atom. The lowest BCUT2D eigenvalue weighted by Gasteiger charge is -2.18. The fraction of sp³-hybridized carbons (Fsp3) is 0.381. The van der Waals surface area contributed by atoms with Gasteiger partial charge in [0.15, 0.2) is 0 Å². The highest BCUT2D eigenvalue weighted by atomic mass is 32.1. The lowest BCUT2D eigenvalue weighted by Crippen LogP contribution is -2.33. The Labute approximate surface area is 162 Å². The zero-order valence-electron chi connectivity index (χ0n) is 15.8. The molecule has 3 aromatic rings. The molecule has 4 rings (SSSR count). The molecule has 1 aromatic carbocycles. The summed E-state index contributed by atoms with van der Waals surface area (Å²) in [6, 6.07) is 5.36. The summed E-state index contributed by atoms with van der Waals surface area (Å²) < 4.78 is 1.51. The van der Waals surface area contributed by atoms with Crippen molar-refractivity contribution in [1.29, 1.82) is 0 Å². The summed E-state index contributed by atoms with van der Waals surface area (Å²) in [6.45, 7) is 5.92. The molecule has 1 unspecified atom stereocenters. The highest BCUT2D eigenvalue weighted by Crippen LogP contribution is 2.34. The molecule has 140 valence electrons. The van der Waals surface area contributed by atoms with Gasteiger partial charge in [0.1, 0.15) is 10.9 Å². The Morgan fingerprint density at radius 1 is 1.26 bits per heavy atom.